The van der Waals surface area contributed by atoms with Crippen LogP contribution in [0.3, 0.4) is 0 Å². The second kappa shape index (κ2) is 49.3. The molecule has 1 aromatic rings. The summed E-state index contributed by atoms with van der Waals surface area (Å²) in [6.07, 6.45) is 18.3. The number of unbranched alkanes of at least 4 members (excludes halogenated alkanes) is 14. The number of aryl methyl sites for hydroxylation is 1. The predicted octanol–water partition coefficient (Wildman–Crippen LogP) is -1.56. The third-order valence-electron chi connectivity index (χ3n) is 16.5. The zero-order valence-corrected chi connectivity index (χ0v) is 56.4. The van der Waals surface area contributed by atoms with Crippen LogP contribution >= 0.6 is 0 Å². The molecule has 548 valence electrons. The number of guanidine groups is 1. The van der Waals surface area contributed by atoms with E-state index in [1.165, 1.54) is 62.7 Å². The van der Waals surface area contributed by atoms with Crippen molar-refractivity contribution >= 4 is 77.0 Å². The SMILES string of the molecule is CN1CCC[C@H]1C(=O)N1CCC[C@H]1C(=O)N[C@@H](CCCN=C(N)N)C(=O)N[C@@H](CC(=O)O)C(=O)N[C@@H](CCCCNC(=O)CN(CC(=O)O)CC(=O)O)C(=O)N[C@@H](CCCCNC(=O)COCCOCCNC(=O)CCCCCCCCCCCCCCCc1nn[nH]n1)C(N)=O. The number of carbonyl (C=O) groups excluding carboxylic acids is 9. The molecule has 2 aliphatic heterocycles. The van der Waals surface area contributed by atoms with Crippen molar-refractivity contribution in [2.45, 2.75) is 216 Å². The molecule has 9 amide bonds. The maximum absolute atomic E-state index is 14.2. The molecule has 0 aliphatic carbocycles. The third-order valence-corrected chi connectivity index (χ3v) is 16.5. The molecule has 97 heavy (non-hydrogen) atoms. The largest absolute Gasteiger partial charge is 0.481 e. The summed E-state index contributed by atoms with van der Waals surface area (Å²) >= 11 is 0. The molecule has 0 spiro atoms. The van der Waals surface area contributed by atoms with Gasteiger partial charge in [-0.05, 0) is 103 Å². The molecular formula is C62H108N18O17. The number of hydrogen-bond acceptors (Lipinski definition) is 20. The van der Waals surface area contributed by atoms with E-state index in [9.17, 15) is 62.6 Å². The van der Waals surface area contributed by atoms with Crippen LogP contribution in [0.15, 0.2) is 4.99 Å². The molecule has 0 unspecified atom stereocenters. The number of aliphatic imine (C=N–C) groups is 1. The number of likely N-dealkylation sites (tertiary alicyclic amines) is 2. The number of nitrogens with zero attached hydrogens (tertiary/aromatic N) is 7. The lowest BCUT2D eigenvalue weighted by Crippen LogP contribution is -2.59. The van der Waals surface area contributed by atoms with E-state index in [4.69, 9.17) is 36.9 Å². The molecule has 0 aromatic carbocycles. The monoisotopic (exact) mass is 1380 g/mol. The molecule has 0 radical (unpaired) electrons. The normalized spacial score (nSPS) is 15.7. The van der Waals surface area contributed by atoms with Gasteiger partial charge in [0.1, 0.15) is 36.8 Å². The molecular weight excluding hydrogens is 1270 g/mol. The summed E-state index contributed by atoms with van der Waals surface area (Å²) < 4.78 is 10.9. The number of H-pyrrole nitrogens is 1. The van der Waals surface area contributed by atoms with Gasteiger partial charge < -0.3 is 84.1 Å². The van der Waals surface area contributed by atoms with Crippen LogP contribution in [-0.4, -0.2) is 256 Å². The zero-order valence-electron chi connectivity index (χ0n) is 56.4. The Kier molecular flexibility index (Phi) is 42.3. The molecule has 35 nitrogen and oxygen atoms in total. The van der Waals surface area contributed by atoms with E-state index in [0.717, 1.165) is 49.2 Å². The number of rotatable bonds is 56. The molecule has 2 saturated heterocycles. The van der Waals surface area contributed by atoms with Gasteiger partial charge in [-0.15, -0.1) is 10.2 Å². The Bertz CT molecular complexity index is 2600. The highest BCUT2D eigenvalue weighted by Gasteiger charge is 2.41. The third kappa shape index (κ3) is 37.8. The molecule has 17 N–H and O–H groups in total. The summed E-state index contributed by atoms with van der Waals surface area (Å²) in [7, 11) is 1.82. The summed E-state index contributed by atoms with van der Waals surface area (Å²) in [4.78, 5) is 163. The molecule has 0 bridgehead atoms. The lowest BCUT2D eigenvalue weighted by atomic mass is 10.0. The number of carboxylic acid groups (broad SMARTS) is 3. The molecule has 0 saturated carbocycles. The molecule has 3 rings (SSSR count). The maximum atomic E-state index is 14.2. The van der Waals surface area contributed by atoms with Crippen molar-refractivity contribution in [3.05, 3.63) is 5.82 Å². The Morgan fingerprint density at radius 1 is 0.567 bits per heavy atom. The van der Waals surface area contributed by atoms with Crippen LogP contribution in [0.25, 0.3) is 0 Å². The van der Waals surface area contributed by atoms with Gasteiger partial charge >= 0.3 is 17.9 Å². The van der Waals surface area contributed by atoms with Gasteiger partial charge in [0.05, 0.1) is 51.9 Å². The molecule has 2 fully saturated rings. The standard InChI is InChI=1S/C62H108N18O17/c1-78-33-20-26-48(78)61(95)80-34-21-25-47(80)60(94)72-45(24-19-31-69-62(64)65)58(92)73-46(38-53(84)85)59(93)71-44(23-16-18-29-66-51(82)39-79(40-54(86)87)41-55(88)89)57(91)70-43(56(63)90)22-15-17-30-67-52(83)42-97-37-36-96-35-32-68-50(81)28-14-12-10-8-6-4-2-3-5-7-9-11-13-27-49-74-76-77-75-49/h43-48H,2-42H2,1H3,(H2,63,90)(H,66,82)(H,67,83)(H,68,81)(H,70,91)(H,71,93)(H,72,94)(H,73,92)(H,84,85)(H,86,87)(H,88,89)(H4,64,65,69)(H,74,75,76,77)/t43-,44-,45-,46-,47-,48-/m0/s1. The van der Waals surface area contributed by atoms with Crippen LogP contribution < -0.4 is 54.4 Å². The highest BCUT2D eigenvalue weighted by atomic mass is 16.5. The van der Waals surface area contributed by atoms with Crippen molar-refractivity contribution in [1.29, 1.82) is 0 Å². The fourth-order valence-corrected chi connectivity index (χ4v) is 11.3. The lowest BCUT2D eigenvalue weighted by molar-refractivity contribution is -0.143. The van der Waals surface area contributed by atoms with Gasteiger partial charge in [0.25, 0.3) is 0 Å². The number of amides is 9. The number of carbonyl (C=O) groups is 12. The quantitative estimate of drug-likeness (QED) is 0.0199. The number of nitrogens with two attached hydrogens (primary N) is 3. The van der Waals surface area contributed by atoms with Gasteiger partial charge in [-0.3, -0.25) is 72.3 Å². The minimum Gasteiger partial charge on any atom is -0.481 e. The first-order valence-corrected chi connectivity index (χ1v) is 34.2. The number of carboxylic acids is 3. The van der Waals surface area contributed by atoms with E-state index in [1.54, 1.807) is 0 Å². The predicted molar refractivity (Wildman–Crippen MR) is 352 cm³/mol. The second-order valence-electron chi connectivity index (χ2n) is 24.6. The van der Waals surface area contributed by atoms with Gasteiger partial charge in [0.2, 0.25) is 53.2 Å². The fraction of sp³-hybridized carbons (Fsp3) is 0.774. The highest BCUT2D eigenvalue weighted by Crippen LogP contribution is 2.24. The number of aliphatic carboxylic acids is 3. The summed E-state index contributed by atoms with van der Waals surface area (Å²) in [6, 6.07) is -7.44. The number of ether oxygens (including phenoxy) is 2. The molecule has 1 aromatic heterocycles. The Hall–Kier alpha value is -8.18. The Balaban J connectivity index is 1.47. The van der Waals surface area contributed by atoms with Crippen molar-refractivity contribution in [3.63, 3.8) is 0 Å². The summed E-state index contributed by atoms with van der Waals surface area (Å²) in [5.74, 6) is -9.78. The van der Waals surface area contributed by atoms with Gasteiger partial charge in [-0.25, -0.2) is 0 Å². The number of aromatic nitrogens is 4. The smallest absolute Gasteiger partial charge is 0.317 e. The van der Waals surface area contributed by atoms with Crippen LogP contribution in [0.2, 0.25) is 0 Å². The van der Waals surface area contributed by atoms with Crippen LogP contribution in [0, 0.1) is 0 Å². The number of primary amides is 1. The summed E-state index contributed by atoms with van der Waals surface area (Å²) in [6.45, 7) is -0.218. The average molecular weight is 1380 g/mol. The second-order valence-corrected chi connectivity index (χ2v) is 24.6. The number of likely N-dealkylation sites (N-methyl/N-ethyl adjacent to an activating group) is 1. The first-order valence-electron chi connectivity index (χ1n) is 34.2. The highest BCUT2D eigenvalue weighted by molar-refractivity contribution is 5.98. The van der Waals surface area contributed by atoms with Gasteiger partial charge in [0.15, 0.2) is 11.8 Å². The zero-order chi connectivity index (χ0) is 71.2. The minimum atomic E-state index is -1.86. The Morgan fingerprint density at radius 3 is 1.67 bits per heavy atom. The summed E-state index contributed by atoms with van der Waals surface area (Å²) in [5, 5.41) is 60.4. The number of nitrogens with one attached hydrogen (secondary N) is 8. The van der Waals surface area contributed by atoms with E-state index in [2.05, 4.69) is 62.8 Å². The van der Waals surface area contributed by atoms with Crippen molar-refractivity contribution in [2.75, 3.05) is 92.4 Å². The van der Waals surface area contributed by atoms with Crippen LogP contribution in [0.1, 0.15) is 179 Å². The van der Waals surface area contributed by atoms with Crippen molar-refractivity contribution in [3.8, 4) is 0 Å². The van der Waals surface area contributed by atoms with Gasteiger partial charge in [-0.2, -0.15) is 5.21 Å². The number of aromatic amines is 1. The van der Waals surface area contributed by atoms with Crippen molar-refractivity contribution in [1.82, 2.24) is 72.5 Å². The van der Waals surface area contributed by atoms with Crippen molar-refractivity contribution in [2.24, 2.45) is 22.2 Å². The van der Waals surface area contributed by atoms with Crippen molar-refractivity contribution < 1.29 is 82.3 Å². The Labute approximate surface area is 566 Å². The van der Waals surface area contributed by atoms with Gasteiger partial charge in [0, 0.05) is 45.6 Å². The Morgan fingerprint density at radius 2 is 1.09 bits per heavy atom. The molecule has 3 heterocycles. The van der Waals surface area contributed by atoms with Crippen LogP contribution in [0.4, 0.5) is 0 Å². The lowest BCUT2D eigenvalue weighted by Gasteiger charge is -2.30. The first-order chi connectivity index (χ1) is 46.5. The van der Waals surface area contributed by atoms with Crippen LogP contribution in [-0.2, 0) is 73.4 Å². The fourth-order valence-electron chi connectivity index (χ4n) is 11.3. The molecule has 35 heteroatoms. The number of tetrazole rings is 1. The maximum Gasteiger partial charge on any atom is 0.317 e. The van der Waals surface area contributed by atoms with E-state index >= 15 is 0 Å². The first kappa shape index (κ1) is 83.0. The number of hydrogen-bond donors (Lipinski definition) is 14. The minimum absolute atomic E-state index is 0.0222. The molecule has 6 atom stereocenters. The topological polar surface area (TPSA) is 523 Å². The van der Waals surface area contributed by atoms with E-state index in [0.29, 0.717) is 51.7 Å². The van der Waals surface area contributed by atoms with Gasteiger partial charge in [-0.1, -0.05) is 75.8 Å². The average Bonchev–Trinajstić information content (AvgIpc) is 1.71. The summed E-state index contributed by atoms with van der Waals surface area (Å²) in [5.41, 5.74) is 16.7. The van der Waals surface area contributed by atoms with E-state index < -0.39 is 122 Å². The van der Waals surface area contributed by atoms with E-state index in [1.807, 2.05) is 11.9 Å². The van der Waals surface area contributed by atoms with E-state index in [-0.39, 0.29) is 109 Å². The molecule has 2 aliphatic rings. The van der Waals surface area contributed by atoms with Crippen LogP contribution in [0.5, 0.6) is 0 Å².